The second kappa shape index (κ2) is 12.2. The normalized spacial score (nSPS) is 10.1. The Hall–Kier alpha value is -1.30. The van der Waals surface area contributed by atoms with Gasteiger partial charge in [0.05, 0.1) is 0 Å². The molecule has 0 bridgehead atoms. The van der Waals surface area contributed by atoms with Crippen LogP contribution >= 0.6 is 0 Å². The lowest BCUT2D eigenvalue weighted by molar-refractivity contribution is 0.127. The topological polar surface area (TPSA) is 100 Å². The summed E-state index contributed by atoms with van der Waals surface area (Å²) in [6.45, 7) is 4.16. The van der Waals surface area contributed by atoms with Gasteiger partial charge in [-0.25, -0.2) is 4.79 Å². The van der Waals surface area contributed by atoms with Gasteiger partial charge in [-0.2, -0.15) is 0 Å². The average molecular weight is 258 g/mol. The minimum absolute atomic E-state index is 0.351. The molecule has 6 heteroatoms. The minimum Gasteiger partial charge on any atom is -0.381 e. The van der Waals surface area contributed by atoms with Crippen LogP contribution < -0.4 is 16.4 Å². The van der Waals surface area contributed by atoms with E-state index in [1.54, 1.807) is 0 Å². The van der Waals surface area contributed by atoms with Gasteiger partial charge >= 0.3 is 6.03 Å². The number of carbonyl (C=O) groups is 1. The lowest BCUT2D eigenvalue weighted by Gasteiger charge is -2.06. The van der Waals surface area contributed by atoms with E-state index in [2.05, 4.69) is 17.6 Å². The fourth-order valence-electron chi connectivity index (χ4n) is 1.45. The molecule has 0 fully saturated rings. The molecule has 0 unspecified atom stereocenters. The van der Waals surface area contributed by atoms with Crippen molar-refractivity contribution in [2.24, 2.45) is 5.73 Å². The Morgan fingerprint density at radius 2 is 1.83 bits per heavy atom. The van der Waals surface area contributed by atoms with Crippen LogP contribution in [0.15, 0.2) is 0 Å². The number of ether oxygens (including phenoxy) is 1. The molecule has 0 saturated heterocycles. The van der Waals surface area contributed by atoms with E-state index in [1.165, 1.54) is 25.7 Å². The summed E-state index contributed by atoms with van der Waals surface area (Å²) < 4.78 is 5.44. The number of unbranched alkanes of at least 4 members (excludes halogenated alkanes) is 4. The van der Waals surface area contributed by atoms with Crippen molar-refractivity contribution in [1.82, 2.24) is 10.6 Å². The van der Waals surface area contributed by atoms with Gasteiger partial charge in [-0.15, -0.1) is 0 Å². The van der Waals surface area contributed by atoms with Gasteiger partial charge in [-0.05, 0) is 12.8 Å². The third kappa shape index (κ3) is 12.8. The number of nitrogens with one attached hydrogen (secondary N) is 3. The van der Waals surface area contributed by atoms with Crippen LogP contribution in [0.1, 0.15) is 45.4 Å². The molecule has 0 aromatic heterocycles. The lowest BCUT2D eigenvalue weighted by Crippen LogP contribution is -2.43. The number of hydrogen-bond donors (Lipinski definition) is 4. The smallest absolute Gasteiger partial charge is 0.321 e. The molecule has 0 rings (SSSR count). The van der Waals surface area contributed by atoms with Crippen molar-refractivity contribution in [1.29, 1.82) is 5.41 Å². The third-order valence-corrected chi connectivity index (χ3v) is 2.39. The van der Waals surface area contributed by atoms with E-state index in [0.29, 0.717) is 13.2 Å². The van der Waals surface area contributed by atoms with Crippen molar-refractivity contribution in [3.63, 3.8) is 0 Å². The van der Waals surface area contributed by atoms with Crippen LogP contribution in [0.2, 0.25) is 0 Å². The number of carbonyl (C=O) groups excluding carboxylic acids is 1. The predicted octanol–water partition coefficient (Wildman–Crippen LogP) is 1.56. The van der Waals surface area contributed by atoms with Crippen LogP contribution in [0.5, 0.6) is 0 Å². The fourth-order valence-corrected chi connectivity index (χ4v) is 1.45. The van der Waals surface area contributed by atoms with Crippen LogP contribution in [0, 0.1) is 5.41 Å². The van der Waals surface area contributed by atoms with Gasteiger partial charge in [0.2, 0.25) is 0 Å². The molecule has 6 nitrogen and oxygen atoms in total. The predicted molar refractivity (Wildman–Crippen MR) is 72.6 cm³/mol. The van der Waals surface area contributed by atoms with E-state index in [-0.39, 0.29) is 5.96 Å². The Kier molecular flexibility index (Phi) is 11.3. The average Bonchev–Trinajstić information content (AvgIpc) is 2.30. The van der Waals surface area contributed by atoms with E-state index in [1.807, 2.05) is 0 Å². The number of amides is 2. The molecule has 5 N–H and O–H groups in total. The quantitative estimate of drug-likeness (QED) is 0.272. The maximum Gasteiger partial charge on any atom is 0.321 e. The fraction of sp³-hybridized carbons (Fsp3) is 0.833. The summed E-state index contributed by atoms with van der Waals surface area (Å²) in [7, 11) is 0. The third-order valence-electron chi connectivity index (χ3n) is 2.39. The largest absolute Gasteiger partial charge is 0.381 e. The molecule has 0 aliphatic heterocycles. The van der Waals surface area contributed by atoms with E-state index < -0.39 is 6.03 Å². The Bertz CT molecular complexity index is 234. The number of rotatable bonds is 10. The zero-order valence-corrected chi connectivity index (χ0v) is 11.3. The Morgan fingerprint density at radius 3 is 2.50 bits per heavy atom. The monoisotopic (exact) mass is 258 g/mol. The molecule has 0 aliphatic rings. The molecule has 0 heterocycles. The summed E-state index contributed by atoms with van der Waals surface area (Å²) >= 11 is 0. The first-order valence-electron chi connectivity index (χ1n) is 6.63. The van der Waals surface area contributed by atoms with Crippen molar-refractivity contribution in [2.45, 2.75) is 45.4 Å². The maximum absolute atomic E-state index is 11.0. The molecule has 18 heavy (non-hydrogen) atoms. The van der Waals surface area contributed by atoms with Gasteiger partial charge in [0.1, 0.15) is 0 Å². The summed E-state index contributed by atoms with van der Waals surface area (Å²) in [5, 5.41) is 11.6. The van der Waals surface area contributed by atoms with E-state index >= 15 is 0 Å². The first kappa shape index (κ1) is 16.7. The first-order valence-corrected chi connectivity index (χ1v) is 6.63. The van der Waals surface area contributed by atoms with Gasteiger partial charge in [0.25, 0.3) is 0 Å². The van der Waals surface area contributed by atoms with Crippen molar-refractivity contribution in [2.75, 3.05) is 19.8 Å². The van der Waals surface area contributed by atoms with Gasteiger partial charge in [0, 0.05) is 19.8 Å². The summed E-state index contributed by atoms with van der Waals surface area (Å²) in [6, 6.07) is -0.443. The Balaban J connectivity index is 3.11. The summed E-state index contributed by atoms with van der Waals surface area (Å²) in [4.78, 5) is 11.0. The van der Waals surface area contributed by atoms with E-state index in [9.17, 15) is 4.79 Å². The zero-order valence-electron chi connectivity index (χ0n) is 11.3. The highest BCUT2D eigenvalue weighted by Crippen LogP contribution is 2.02. The maximum atomic E-state index is 11.0. The van der Waals surface area contributed by atoms with Crippen LogP contribution in [-0.4, -0.2) is 31.7 Å². The number of hydrogen-bond acceptors (Lipinski definition) is 3. The SMILES string of the molecule is CCCCCCCOCCCNC(=O)NC(=N)N. The van der Waals surface area contributed by atoms with Crippen molar-refractivity contribution < 1.29 is 9.53 Å². The lowest BCUT2D eigenvalue weighted by atomic mass is 10.2. The molecule has 0 aromatic carbocycles. The second-order valence-electron chi connectivity index (χ2n) is 4.17. The van der Waals surface area contributed by atoms with Crippen molar-refractivity contribution in [3.05, 3.63) is 0 Å². The number of urea groups is 1. The highest BCUT2D eigenvalue weighted by atomic mass is 16.5. The van der Waals surface area contributed by atoms with Crippen LogP contribution in [0.3, 0.4) is 0 Å². The van der Waals surface area contributed by atoms with Gasteiger partial charge < -0.3 is 15.8 Å². The molecule has 0 aliphatic carbocycles. The van der Waals surface area contributed by atoms with Crippen molar-refractivity contribution >= 4 is 12.0 Å². The standard InChI is InChI=1S/C12H26N4O2/c1-2-3-4-5-6-9-18-10-7-8-15-12(17)16-11(13)14/h2-10H2,1H3,(H5,13,14,15,16,17). The van der Waals surface area contributed by atoms with E-state index in [4.69, 9.17) is 15.9 Å². The Labute approximate surface area is 109 Å². The van der Waals surface area contributed by atoms with Crippen LogP contribution in [0.4, 0.5) is 4.79 Å². The van der Waals surface area contributed by atoms with Gasteiger partial charge in [0.15, 0.2) is 5.96 Å². The summed E-state index contributed by atoms with van der Waals surface area (Å²) in [5.74, 6) is -0.351. The molecule has 2 amide bonds. The first-order chi connectivity index (χ1) is 8.66. The van der Waals surface area contributed by atoms with Crippen molar-refractivity contribution in [3.8, 4) is 0 Å². The van der Waals surface area contributed by atoms with Gasteiger partial charge in [-0.1, -0.05) is 32.6 Å². The second-order valence-corrected chi connectivity index (χ2v) is 4.17. The molecule has 0 aromatic rings. The Morgan fingerprint density at radius 1 is 1.17 bits per heavy atom. The summed E-state index contributed by atoms with van der Waals surface area (Å²) in [6.07, 6.45) is 6.95. The molecule has 0 saturated carbocycles. The molecule has 106 valence electrons. The van der Waals surface area contributed by atoms with Crippen LogP contribution in [0.25, 0.3) is 0 Å². The molecule has 0 radical (unpaired) electrons. The van der Waals surface area contributed by atoms with Gasteiger partial charge in [-0.3, -0.25) is 10.7 Å². The number of guanidine groups is 1. The molecule has 0 atom stereocenters. The highest BCUT2D eigenvalue weighted by Gasteiger charge is 1.99. The minimum atomic E-state index is -0.443. The summed E-state index contributed by atoms with van der Waals surface area (Å²) in [5.41, 5.74) is 5.00. The zero-order chi connectivity index (χ0) is 13.6. The molecular weight excluding hydrogens is 232 g/mol. The van der Waals surface area contributed by atoms with Crippen LogP contribution in [-0.2, 0) is 4.74 Å². The molecular formula is C12H26N4O2. The molecule has 0 spiro atoms. The highest BCUT2D eigenvalue weighted by molar-refractivity contribution is 5.93. The van der Waals surface area contributed by atoms with E-state index in [0.717, 1.165) is 19.4 Å². The number of nitrogens with two attached hydrogens (primary N) is 1.